The quantitative estimate of drug-likeness (QED) is 0.447. The first-order chi connectivity index (χ1) is 12.0. The maximum atomic E-state index is 10.7. The van der Waals surface area contributed by atoms with E-state index in [-0.39, 0.29) is 16.9 Å². The van der Waals surface area contributed by atoms with E-state index < -0.39 is 0 Å². The molecule has 0 aromatic heterocycles. The number of alkyl halides is 1. The van der Waals surface area contributed by atoms with E-state index in [0.717, 1.165) is 32.1 Å². The molecule has 0 saturated heterocycles. The summed E-state index contributed by atoms with van der Waals surface area (Å²) in [6, 6.07) is 5.89. The first kappa shape index (κ1) is 18.1. The molecule has 0 amide bonds. The number of phenolic OH excluding ortho intramolecular Hbond substituents is 1. The van der Waals surface area contributed by atoms with Crippen molar-refractivity contribution in [3.05, 3.63) is 39.5 Å². The largest absolute Gasteiger partial charge is 0.508 e. The molecule has 0 aliphatic heterocycles. The van der Waals surface area contributed by atoms with Crippen molar-refractivity contribution in [3.63, 3.8) is 0 Å². The van der Waals surface area contributed by atoms with E-state index in [9.17, 15) is 10.2 Å². The second kappa shape index (κ2) is 6.72. The summed E-state index contributed by atoms with van der Waals surface area (Å²) in [7, 11) is 0. The number of fused-ring (bicyclic) bond motifs is 5. The van der Waals surface area contributed by atoms with Crippen LogP contribution in [-0.4, -0.2) is 21.7 Å². The number of halogens is 2. The number of allylic oxidation sites excluding steroid dienone is 1. The smallest absolute Gasteiger partial charge is 0.115 e. The number of aliphatic hydroxyl groups is 1. The van der Waals surface area contributed by atoms with E-state index in [1.165, 1.54) is 11.1 Å². The third-order valence-electron chi connectivity index (χ3n) is 7.37. The predicted molar refractivity (Wildman–Crippen MR) is 110 cm³/mol. The molecule has 2 N–H and O–H groups in total. The second-order valence-corrected chi connectivity index (χ2v) is 9.67. The molecule has 3 aliphatic carbocycles. The first-order valence-electron chi connectivity index (χ1n) is 9.36. The standard InChI is InChI=1S/C21H26ClIO2/c1-21-11-16(18(22)8-9-23)20-14-5-3-13(24)10-12(14)2-4-15(20)17(21)6-7-19(21)25/h3,5,8-10,15-20,24-25H,2,4,6-7,11H2,1H3/t15-,16?,17-,18?,19-,20+,21-/m0/s1. The minimum atomic E-state index is -0.199. The molecule has 2 fully saturated rings. The minimum Gasteiger partial charge on any atom is -0.508 e. The number of aryl methyl sites for hydroxylation is 1. The first-order valence-corrected chi connectivity index (χ1v) is 11.0. The minimum absolute atomic E-state index is 0.00743. The molecule has 7 atom stereocenters. The Morgan fingerprint density at radius 2 is 2.12 bits per heavy atom. The number of aromatic hydroxyl groups is 1. The number of benzene rings is 1. The Labute approximate surface area is 168 Å². The van der Waals surface area contributed by atoms with Gasteiger partial charge in [-0.2, -0.15) is 0 Å². The number of hydrogen-bond donors (Lipinski definition) is 2. The van der Waals surface area contributed by atoms with E-state index in [4.69, 9.17) is 11.6 Å². The van der Waals surface area contributed by atoms with Crippen LogP contribution in [0.25, 0.3) is 0 Å². The van der Waals surface area contributed by atoms with Crippen molar-refractivity contribution in [1.82, 2.24) is 0 Å². The van der Waals surface area contributed by atoms with Crippen molar-refractivity contribution < 1.29 is 10.2 Å². The molecule has 0 radical (unpaired) electrons. The summed E-state index contributed by atoms with van der Waals surface area (Å²) in [5.74, 6) is 2.29. The number of hydrogen-bond acceptors (Lipinski definition) is 2. The molecular weight excluding hydrogens is 447 g/mol. The zero-order valence-electron chi connectivity index (χ0n) is 14.5. The molecule has 0 spiro atoms. The highest BCUT2D eigenvalue weighted by Gasteiger charge is 2.58. The van der Waals surface area contributed by atoms with E-state index in [0.29, 0.717) is 29.4 Å². The van der Waals surface area contributed by atoms with Gasteiger partial charge in [-0.3, -0.25) is 0 Å². The van der Waals surface area contributed by atoms with Gasteiger partial charge in [-0.15, -0.1) is 11.6 Å². The molecule has 4 heteroatoms. The van der Waals surface area contributed by atoms with Gasteiger partial charge in [0.25, 0.3) is 0 Å². The van der Waals surface area contributed by atoms with Gasteiger partial charge in [0.15, 0.2) is 0 Å². The highest BCUT2D eigenvalue weighted by molar-refractivity contribution is 14.1. The lowest BCUT2D eigenvalue weighted by Crippen LogP contribution is -2.49. The van der Waals surface area contributed by atoms with Crippen LogP contribution < -0.4 is 0 Å². The Hall–Kier alpha value is -0.260. The van der Waals surface area contributed by atoms with Crippen molar-refractivity contribution in [3.8, 4) is 5.75 Å². The van der Waals surface area contributed by atoms with Crippen LogP contribution in [0, 0.1) is 23.2 Å². The van der Waals surface area contributed by atoms with Crippen LogP contribution in [0.1, 0.15) is 49.7 Å². The van der Waals surface area contributed by atoms with Crippen molar-refractivity contribution in [2.75, 3.05) is 0 Å². The zero-order valence-corrected chi connectivity index (χ0v) is 17.5. The molecule has 1 aromatic carbocycles. The summed E-state index contributed by atoms with van der Waals surface area (Å²) >= 11 is 9.10. The lowest BCUT2D eigenvalue weighted by molar-refractivity contribution is -0.0466. The molecule has 1 aromatic rings. The van der Waals surface area contributed by atoms with Crippen molar-refractivity contribution in [1.29, 1.82) is 0 Å². The van der Waals surface area contributed by atoms with Gasteiger partial charge in [0.1, 0.15) is 5.75 Å². The normalized spacial score (nSPS) is 41.2. The molecule has 2 nitrogen and oxygen atoms in total. The van der Waals surface area contributed by atoms with Crippen LogP contribution in [0.5, 0.6) is 5.75 Å². The van der Waals surface area contributed by atoms with Crippen LogP contribution in [0.2, 0.25) is 0 Å². The fraction of sp³-hybridized carbons (Fsp3) is 0.619. The van der Waals surface area contributed by atoms with Crippen LogP contribution in [0.4, 0.5) is 0 Å². The van der Waals surface area contributed by atoms with E-state index in [1.807, 2.05) is 16.2 Å². The number of aliphatic hydroxyl groups excluding tert-OH is 1. The van der Waals surface area contributed by atoms with Crippen LogP contribution in [0.3, 0.4) is 0 Å². The molecule has 4 rings (SSSR count). The molecule has 2 unspecified atom stereocenters. The summed E-state index contributed by atoms with van der Waals surface area (Å²) in [5.41, 5.74) is 2.66. The zero-order chi connectivity index (χ0) is 17.8. The Balaban J connectivity index is 1.80. The Kier molecular flexibility index (Phi) is 4.87. The van der Waals surface area contributed by atoms with E-state index >= 15 is 0 Å². The van der Waals surface area contributed by atoms with Gasteiger partial charge < -0.3 is 10.2 Å². The fourth-order valence-electron chi connectivity index (χ4n) is 6.26. The van der Waals surface area contributed by atoms with Gasteiger partial charge in [-0.1, -0.05) is 41.7 Å². The maximum absolute atomic E-state index is 10.7. The third-order valence-corrected chi connectivity index (χ3v) is 8.26. The topological polar surface area (TPSA) is 40.5 Å². The highest BCUT2D eigenvalue weighted by atomic mass is 127. The Morgan fingerprint density at radius 1 is 1.32 bits per heavy atom. The SMILES string of the molecule is C[C@]12CC(C(Cl)C=CI)[C@@H]3c4ccc(O)cc4CC[C@H]3[C@@H]1CC[C@@H]2O. The number of phenols is 1. The molecule has 136 valence electrons. The van der Waals surface area contributed by atoms with E-state index in [2.05, 4.69) is 41.7 Å². The monoisotopic (exact) mass is 472 g/mol. The molecule has 3 aliphatic rings. The lowest BCUT2D eigenvalue weighted by atomic mass is 9.51. The number of rotatable bonds is 2. The Bertz CT molecular complexity index is 690. The van der Waals surface area contributed by atoms with Gasteiger partial charge >= 0.3 is 0 Å². The van der Waals surface area contributed by atoms with Crippen molar-refractivity contribution >= 4 is 34.2 Å². The summed E-state index contributed by atoms with van der Waals surface area (Å²) < 4.78 is 2.02. The van der Waals surface area contributed by atoms with Crippen molar-refractivity contribution in [2.24, 2.45) is 23.2 Å². The van der Waals surface area contributed by atoms with Crippen LogP contribution in [-0.2, 0) is 6.42 Å². The fourth-order valence-corrected chi connectivity index (χ4v) is 7.27. The third kappa shape index (κ3) is 2.85. The van der Waals surface area contributed by atoms with Crippen LogP contribution >= 0.6 is 34.2 Å². The Morgan fingerprint density at radius 3 is 2.88 bits per heavy atom. The maximum Gasteiger partial charge on any atom is 0.115 e. The summed E-state index contributed by atoms with van der Waals surface area (Å²) in [5, 5.41) is 20.6. The lowest BCUT2D eigenvalue weighted by Gasteiger charge is -2.54. The van der Waals surface area contributed by atoms with Gasteiger partial charge in [-0.25, -0.2) is 0 Å². The van der Waals surface area contributed by atoms with Crippen LogP contribution in [0.15, 0.2) is 28.4 Å². The average Bonchev–Trinajstić information content (AvgIpc) is 2.89. The molecular formula is C21H26ClIO2. The molecule has 2 saturated carbocycles. The summed E-state index contributed by atoms with van der Waals surface area (Å²) in [4.78, 5) is 0. The van der Waals surface area contributed by atoms with Gasteiger partial charge in [0, 0.05) is 0 Å². The average molecular weight is 473 g/mol. The molecule has 0 bridgehead atoms. The summed E-state index contributed by atoms with van der Waals surface area (Å²) in [6.45, 7) is 2.29. The van der Waals surface area contributed by atoms with E-state index in [1.54, 1.807) is 0 Å². The van der Waals surface area contributed by atoms with Gasteiger partial charge in [0.05, 0.1) is 11.5 Å². The second-order valence-electron chi connectivity index (χ2n) is 8.45. The molecule has 0 heterocycles. The van der Waals surface area contributed by atoms with Crippen molar-refractivity contribution in [2.45, 2.75) is 56.4 Å². The highest BCUT2D eigenvalue weighted by Crippen LogP contribution is 2.63. The van der Waals surface area contributed by atoms with Gasteiger partial charge in [0.2, 0.25) is 0 Å². The molecule has 25 heavy (non-hydrogen) atoms. The van der Waals surface area contributed by atoms with Gasteiger partial charge in [-0.05, 0) is 88.5 Å². The predicted octanol–water partition coefficient (Wildman–Crippen LogP) is 5.39. The summed E-state index contributed by atoms with van der Waals surface area (Å²) in [6.07, 6.45) is 7.11.